The van der Waals surface area contributed by atoms with Gasteiger partial charge in [0.1, 0.15) is 5.76 Å². The molecule has 5 nitrogen and oxygen atoms in total. The van der Waals surface area contributed by atoms with Crippen LogP contribution in [0, 0.1) is 0 Å². The first-order valence-electron chi connectivity index (χ1n) is 6.70. The lowest BCUT2D eigenvalue weighted by Gasteiger charge is -2.11. The van der Waals surface area contributed by atoms with Gasteiger partial charge in [-0.1, -0.05) is 37.3 Å². The topological polar surface area (TPSA) is 81.2 Å². The molecule has 0 fully saturated rings. The van der Waals surface area contributed by atoms with Gasteiger partial charge in [-0.25, -0.2) is 4.98 Å². The van der Waals surface area contributed by atoms with Crippen molar-refractivity contribution >= 4 is 5.91 Å². The lowest BCUT2D eigenvalue weighted by Crippen LogP contribution is -2.41. The summed E-state index contributed by atoms with van der Waals surface area (Å²) in [5.74, 6) is 1.11. The molecule has 3 N–H and O–H groups in total. The smallest absolute Gasteiger partial charge is 0.237 e. The molecule has 1 unspecified atom stereocenters. The van der Waals surface area contributed by atoms with Crippen molar-refractivity contribution in [3.63, 3.8) is 0 Å². The third-order valence-corrected chi connectivity index (χ3v) is 3.00. The first-order chi connectivity index (χ1) is 9.69. The van der Waals surface area contributed by atoms with E-state index in [1.807, 2.05) is 37.3 Å². The molecule has 0 bridgehead atoms. The molecule has 1 atom stereocenters. The number of carbonyl (C=O) groups excluding carboxylic acids is 1. The highest BCUT2D eigenvalue weighted by atomic mass is 16.4. The van der Waals surface area contributed by atoms with Crippen LogP contribution in [0.3, 0.4) is 0 Å². The van der Waals surface area contributed by atoms with E-state index in [2.05, 4.69) is 10.3 Å². The molecule has 0 spiro atoms. The van der Waals surface area contributed by atoms with Crippen molar-refractivity contribution in [2.45, 2.75) is 32.4 Å². The molecule has 0 saturated heterocycles. The van der Waals surface area contributed by atoms with Gasteiger partial charge >= 0.3 is 0 Å². The van der Waals surface area contributed by atoms with Gasteiger partial charge in [-0.15, -0.1) is 0 Å². The Kier molecular flexibility index (Phi) is 4.90. The van der Waals surface area contributed by atoms with Crippen LogP contribution >= 0.6 is 0 Å². The Morgan fingerprint density at radius 1 is 1.40 bits per heavy atom. The van der Waals surface area contributed by atoms with Crippen LogP contribution < -0.4 is 11.1 Å². The second-order valence-electron chi connectivity index (χ2n) is 4.59. The van der Waals surface area contributed by atoms with Crippen molar-refractivity contribution in [1.82, 2.24) is 10.3 Å². The van der Waals surface area contributed by atoms with Gasteiger partial charge in [0.05, 0.1) is 18.8 Å². The van der Waals surface area contributed by atoms with E-state index in [9.17, 15) is 4.79 Å². The summed E-state index contributed by atoms with van der Waals surface area (Å²) in [4.78, 5) is 16.0. The van der Waals surface area contributed by atoms with Gasteiger partial charge in [0, 0.05) is 6.42 Å². The van der Waals surface area contributed by atoms with Crippen LogP contribution in [0.15, 0.2) is 40.9 Å². The molecule has 2 rings (SSSR count). The number of oxazole rings is 1. The Labute approximate surface area is 118 Å². The second kappa shape index (κ2) is 6.86. The largest absolute Gasteiger partial charge is 0.444 e. The van der Waals surface area contributed by atoms with Gasteiger partial charge in [-0.05, 0) is 12.0 Å². The maximum atomic E-state index is 11.9. The fourth-order valence-electron chi connectivity index (χ4n) is 1.85. The van der Waals surface area contributed by atoms with E-state index in [-0.39, 0.29) is 12.5 Å². The van der Waals surface area contributed by atoms with Crippen molar-refractivity contribution in [3.05, 3.63) is 53.7 Å². The number of hydrogen-bond acceptors (Lipinski definition) is 4. The van der Waals surface area contributed by atoms with Crippen LogP contribution in [-0.4, -0.2) is 16.9 Å². The first kappa shape index (κ1) is 14.3. The normalized spacial score (nSPS) is 12.1. The zero-order valence-electron chi connectivity index (χ0n) is 11.5. The van der Waals surface area contributed by atoms with Crippen molar-refractivity contribution in [3.8, 4) is 0 Å². The van der Waals surface area contributed by atoms with Crippen LogP contribution in [-0.2, 0) is 24.2 Å². The molecule has 0 radical (unpaired) electrons. The third-order valence-electron chi connectivity index (χ3n) is 3.00. The molecule has 2 aromatic rings. The fourth-order valence-corrected chi connectivity index (χ4v) is 1.85. The first-order valence-corrected chi connectivity index (χ1v) is 6.70. The number of aryl methyl sites for hydroxylation is 1. The van der Waals surface area contributed by atoms with Crippen LogP contribution in [0.25, 0.3) is 0 Å². The Morgan fingerprint density at radius 3 is 2.80 bits per heavy atom. The molecular formula is C15H19N3O2. The number of hydrogen-bond donors (Lipinski definition) is 2. The van der Waals surface area contributed by atoms with E-state index in [4.69, 9.17) is 10.2 Å². The van der Waals surface area contributed by atoms with Crippen molar-refractivity contribution in [2.75, 3.05) is 0 Å². The lowest BCUT2D eigenvalue weighted by molar-refractivity contribution is -0.122. The van der Waals surface area contributed by atoms with E-state index in [0.29, 0.717) is 12.3 Å². The highest BCUT2D eigenvalue weighted by molar-refractivity contribution is 5.81. The van der Waals surface area contributed by atoms with E-state index < -0.39 is 6.04 Å². The van der Waals surface area contributed by atoms with Gasteiger partial charge < -0.3 is 15.5 Å². The van der Waals surface area contributed by atoms with E-state index in [1.165, 1.54) is 0 Å². The van der Waals surface area contributed by atoms with E-state index in [1.54, 1.807) is 6.20 Å². The van der Waals surface area contributed by atoms with Crippen LogP contribution in [0.2, 0.25) is 0 Å². The van der Waals surface area contributed by atoms with E-state index >= 15 is 0 Å². The summed E-state index contributed by atoms with van der Waals surface area (Å²) in [7, 11) is 0. The molecule has 0 aliphatic heterocycles. The minimum atomic E-state index is -0.571. The zero-order valence-corrected chi connectivity index (χ0v) is 11.5. The quantitative estimate of drug-likeness (QED) is 0.834. The van der Waals surface area contributed by atoms with Gasteiger partial charge in [-0.3, -0.25) is 4.79 Å². The second-order valence-corrected chi connectivity index (χ2v) is 4.59. The molecule has 0 aliphatic rings. The van der Waals surface area contributed by atoms with Crippen LogP contribution in [0.1, 0.15) is 24.1 Å². The predicted molar refractivity (Wildman–Crippen MR) is 75.8 cm³/mol. The predicted octanol–water partition coefficient (Wildman–Crippen LogP) is 1.42. The number of nitrogens with zero attached hydrogens (tertiary/aromatic N) is 1. The Morgan fingerprint density at radius 2 is 2.15 bits per heavy atom. The van der Waals surface area contributed by atoms with Crippen LogP contribution in [0.5, 0.6) is 0 Å². The highest BCUT2D eigenvalue weighted by Gasteiger charge is 2.14. The summed E-state index contributed by atoms with van der Waals surface area (Å²) in [5.41, 5.74) is 6.92. The lowest BCUT2D eigenvalue weighted by atomic mass is 10.1. The number of nitrogens with two attached hydrogens (primary N) is 1. The minimum absolute atomic E-state index is 0.204. The number of rotatable bonds is 6. The summed E-state index contributed by atoms with van der Waals surface area (Å²) in [6.07, 6.45) is 2.97. The van der Waals surface area contributed by atoms with E-state index in [0.717, 1.165) is 17.7 Å². The average molecular weight is 273 g/mol. The van der Waals surface area contributed by atoms with Gasteiger partial charge in [0.15, 0.2) is 0 Å². The molecule has 5 heteroatoms. The highest BCUT2D eigenvalue weighted by Crippen LogP contribution is 2.05. The summed E-state index contributed by atoms with van der Waals surface area (Å²) >= 11 is 0. The molecule has 1 aromatic heterocycles. The van der Waals surface area contributed by atoms with Crippen molar-refractivity contribution in [1.29, 1.82) is 0 Å². The minimum Gasteiger partial charge on any atom is -0.444 e. The fraction of sp³-hybridized carbons (Fsp3) is 0.333. The van der Waals surface area contributed by atoms with Crippen molar-refractivity contribution in [2.24, 2.45) is 5.73 Å². The van der Waals surface area contributed by atoms with Crippen LogP contribution in [0.4, 0.5) is 0 Å². The Hall–Kier alpha value is -2.14. The molecule has 20 heavy (non-hydrogen) atoms. The molecular weight excluding hydrogens is 254 g/mol. The molecule has 0 saturated carbocycles. The zero-order chi connectivity index (χ0) is 14.4. The standard InChI is InChI=1S/C15H19N3O2/c1-2-12-9-17-14(20-12)10-18-15(19)13(16)8-11-6-4-3-5-7-11/h3-7,9,13H,2,8,10,16H2,1H3,(H,18,19). The molecule has 106 valence electrons. The number of carbonyl (C=O) groups is 1. The number of amides is 1. The maximum absolute atomic E-state index is 11.9. The SMILES string of the molecule is CCc1cnc(CNC(=O)C(N)Cc2ccccc2)o1. The summed E-state index contributed by atoms with van der Waals surface area (Å²) in [6, 6.07) is 9.13. The number of benzene rings is 1. The summed E-state index contributed by atoms with van der Waals surface area (Å²) in [5, 5.41) is 2.74. The summed E-state index contributed by atoms with van der Waals surface area (Å²) in [6.45, 7) is 2.25. The maximum Gasteiger partial charge on any atom is 0.237 e. The average Bonchev–Trinajstić information content (AvgIpc) is 2.93. The monoisotopic (exact) mass is 273 g/mol. The molecule has 1 amide bonds. The van der Waals surface area contributed by atoms with Crippen molar-refractivity contribution < 1.29 is 9.21 Å². The van der Waals surface area contributed by atoms with Gasteiger partial charge in [0.25, 0.3) is 0 Å². The Bertz CT molecular complexity index is 551. The van der Waals surface area contributed by atoms with Gasteiger partial charge in [0.2, 0.25) is 11.8 Å². The number of aromatic nitrogens is 1. The summed E-state index contributed by atoms with van der Waals surface area (Å²) < 4.78 is 5.41. The van der Waals surface area contributed by atoms with Gasteiger partial charge in [-0.2, -0.15) is 0 Å². The number of nitrogens with one attached hydrogen (secondary N) is 1. The Balaban J connectivity index is 1.82. The molecule has 0 aliphatic carbocycles. The molecule has 1 heterocycles. The third kappa shape index (κ3) is 3.93. The molecule has 1 aromatic carbocycles.